The first-order valence-electron chi connectivity index (χ1n) is 5.85. The minimum atomic E-state index is -0.250. The molecule has 1 heterocycles. The van der Waals surface area contributed by atoms with E-state index >= 15 is 0 Å². The Hall–Kier alpha value is -0.860. The van der Waals surface area contributed by atoms with Crippen LogP contribution in [0.25, 0.3) is 0 Å². The number of hydrogen-bond acceptors (Lipinski definition) is 3. The second-order valence-corrected chi connectivity index (χ2v) is 5.59. The lowest BCUT2D eigenvalue weighted by atomic mass is 9.71. The monoisotopic (exact) mass is 208 g/mol. The van der Waals surface area contributed by atoms with Crippen LogP contribution in [0.4, 0.5) is 0 Å². The van der Waals surface area contributed by atoms with Gasteiger partial charge in [0.15, 0.2) is 0 Å². The SMILES string of the molecule is CC(C)C1CC2CC1C1C(=O)OC(=O)C21. The van der Waals surface area contributed by atoms with E-state index in [1.807, 2.05) is 0 Å². The fourth-order valence-corrected chi connectivity index (χ4v) is 4.07. The highest BCUT2D eigenvalue weighted by molar-refractivity contribution is 5.97. The van der Waals surface area contributed by atoms with Gasteiger partial charge in [0.1, 0.15) is 0 Å². The molecule has 3 heteroatoms. The van der Waals surface area contributed by atoms with Gasteiger partial charge in [0.25, 0.3) is 0 Å². The lowest BCUT2D eigenvalue weighted by Crippen LogP contribution is -2.32. The highest BCUT2D eigenvalue weighted by Gasteiger charge is 2.63. The van der Waals surface area contributed by atoms with Gasteiger partial charge < -0.3 is 4.74 Å². The first kappa shape index (κ1) is 9.37. The largest absolute Gasteiger partial charge is 0.393 e. The van der Waals surface area contributed by atoms with Crippen molar-refractivity contribution < 1.29 is 14.3 Å². The normalized spacial score (nSPS) is 47.5. The van der Waals surface area contributed by atoms with Crippen LogP contribution in [0.15, 0.2) is 0 Å². The summed E-state index contributed by atoms with van der Waals surface area (Å²) in [5, 5.41) is 0. The molecule has 5 unspecified atom stereocenters. The van der Waals surface area contributed by atoms with Crippen LogP contribution in [0.5, 0.6) is 0 Å². The Balaban J connectivity index is 1.92. The van der Waals surface area contributed by atoms with Crippen LogP contribution in [-0.4, -0.2) is 11.9 Å². The zero-order valence-electron chi connectivity index (χ0n) is 9.10. The maximum atomic E-state index is 11.6. The van der Waals surface area contributed by atoms with Crippen molar-refractivity contribution >= 4 is 11.9 Å². The molecule has 0 N–H and O–H groups in total. The molecule has 0 aromatic heterocycles. The van der Waals surface area contributed by atoms with Gasteiger partial charge >= 0.3 is 11.9 Å². The Morgan fingerprint density at radius 3 is 2.47 bits per heavy atom. The van der Waals surface area contributed by atoms with Crippen LogP contribution in [0.1, 0.15) is 26.7 Å². The average Bonchev–Trinajstić information content (AvgIpc) is 2.77. The van der Waals surface area contributed by atoms with Crippen LogP contribution >= 0.6 is 0 Å². The number of rotatable bonds is 1. The predicted molar refractivity (Wildman–Crippen MR) is 52.6 cm³/mol. The van der Waals surface area contributed by atoms with Gasteiger partial charge in [-0.15, -0.1) is 0 Å². The molecule has 82 valence electrons. The van der Waals surface area contributed by atoms with Crippen molar-refractivity contribution in [1.29, 1.82) is 0 Å². The quantitative estimate of drug-likeness (QED) is 0.485. The predicted octanol–water partition coefficient (Wildman–Crippen LogP) is 1.61. The number of hydrogen-bond donors (Lipinski definition) is 0. The summed E-state index contributed by atoms with van der Waals surface area (Å²) in [6, 6.07) is 0. The molecule has 0 aromatic rings. The van der Waals surface area contributed by atoms with Crippen LogP contribution in [0, 0.1) is 35.5 Å². The van der Waals surface area contributed by atoms with Crippen LogP contribution in [0.3, 0.4) is 0 Å². The molecule has 3 rings (SSSR count). The molecule has 0 aromatic carbocycles. The van der Waals surface area contributed by atoms with Gasteiger partial charge in [0, 0.05) is 0 Å². The molecule has 15 heavy (non-hydrogen) atoms. The Morgan fingerprint density at radius 1 is 1.13 bits per heavy atom. The third-order valence-electron chi connectivity index (χ3n) is 4.66. The molecular formula is C12H16O3. The summed E-state index contributed by atoms with van der Waals surface area (Å²) < 4.78 is 4.76. The second-order valence-electron chi connectivity index (χ2n) is 5.59. The van der Waals surface area contributed by atoms with Crippen molar-refractivity contribution in [2.24, 2.45) is 35.5 Å². The lowest BCUT2D eigenvalue weighted by Gasteiger charge is -2.30. The van der Waals surface area contributed by atoms with E-state index in [2.05, 4.69) is 13.8 Å². The molecule has 0 radical (unpaired) electrons. The van der Waals surface area contributed by atoms with Gasteiger partial charge in [-0.3, -0.25) is 9.59 Å². The molecule has 3 aliphatic rings. The number of carbonyl (C=O) groups is 2. The Bertz CT molecular complexity index is 334. The van der Waals surface area contributed by atoms with E-state index in [1.165, 1.54) is 0 Å². The Morgan fingerprint density at radius 2 is 1.80 bits per heavy atom. The summed E-state index contributed by atoms with van der Waals surface area (Å²) in [5.74, 6) is 1.40. The molecule has 1 saturated heterocycles. The number of fused-ring (bicyclic) bond motifs is 5. The number of carbonyl (C=O) groups excluding carboxylic acids is 2. The standard InChI is InChI=1S/C12H16O3/c1-5(2)7-3-6-4-8(7)10-9(6)11(13)15-12(10)14/h5-10H,3-4H2,1-2H3. The first-order chi connectivity index (χ1) is 7.09. The maximum absolute atomic E-state index is 11.6. The van der Waals surface area contributed by atoms with Crippen LogP contribution < -0.4 is 0 Å². The Labute approximate surface area is 89.2 Å². The molecule has 1 aliphatic heterocycles. The van der Waals surface area contributed by atoms with Gasteiger partial charge in [-0.2, -0.15) is 0 Å². The lowest BCUT2D eigenvalue weighted by molar-refractivity contribution is -0.154. The van der Waals surface area contributed by atoms with Crippen molar-refractivity contribution in [3.8, 4) is 0 Å². The molecule has 0 amide bonds. The summed E-state index contributed by atoms with van der Waals surface area (Å²) in [7, 11) is 0. The maximum Gasteiger partial charge on any atom is 0.317 e. The third kappa shape index (κ3) is 1.06. The molecule has 0 spiro atoms. The molecule has 5 atom stereocenters. The zero-order valence-corrected chi connectivity index (χ0v) is 9.10. The van der Waals surface area contributed by atoms with Crippen molar-refractivity contribution in [1.82, 2.24) is 0 Å². The molecule has 3 fully saturated rings. The zero-order chi connectivity index (χ0) is 10.7. The fourth-order valence-electron chi connectivity index (χ4n) is 4.07. The molecule has 2 saturated carbocycles. The minimum Gasteiger partial charge on any atom is -0.393 e. The second kappa shape index (κ2) is 2.83. The number of esters is 2. The van der Waals surface area contributed by atoms with E-state index in [0.717, 1.165) is 12.8 Å². The van der Waals surface area contributed by atoms with Crippen LogP contribution in [0.2, 0.25) is 0 Å². The van der Waals surface area contributed by atoms with Gasteiger partial charge in [-0.05, 0) is 36.5 Å². The summed E-state index contributed by atoms with van der Waals surface area (Å²) in [6.07, 6.45) is 2.19. The van der Waals surface area contributed by atoms with Crippen molar-refractivity contribution in [3.63, 3.8) is 0 Å². The van der Waals surface area contributed by atoms with Gasteiger partial charge in [-0.1, -0.05) is 13.8 Å². The van der Waals surface area contributed by atoms with Crippen LogP contribution in [-0.2, 0) is 14.3 Å². The first-order valence-corrected chi connectivity index (χ1v) is 5.85. The summed E-state index contributed by atoms with van der Waals surface area (Å²) in [6.45, 7) is 4.42. The van der Waals surface area contributed by atoms with Gasteiger partial charge in [0.05, 0.1) is 11.8 Å². The molecule has 2 bridgehead atoms. The van der Waals surface area contributed by atoms with E-state index in [1.54, 1.807) is 0 Å². The highest BCUT2D eigenvalue weighted by Crippen LogP contribution is 2.59. The van der Waals surface area contributed by atoms with Crippen molar-refractivity contribution in [2.75, 3.05) is 0 Å². The van der Waals surface area contributed by atoms with E-state index in [9.17, 15) is 9.59 Å². The average molecular weight is 208 g/mol. The van der Waals surface area contributed by atoms with Gasteiger partial charge in [-0.25, -0.2) is 0 Å². The van der Waals surface area contributed by atoms with E-state index < -0.39 is 0 Å². The molecule has 3 nitrogen and oxygen atoms in total. The summed E-state index contributed by atoms with van der Waals surface area (Å²) in [4.78, 5) is 23.1. The number of ether oxygens (including phenoxy) is 1. The van der Waals surface area contributed by atoms with Crippen molar-refractivity contribution in [2.45, 2.75) is 26.7 Å². The molecule has 2 aliphatic carbocycles. The van der Waals surface area contributed by atoms with E-state index in [-0.39, 0.29) is 23.8 Å². The third-order valence-corrected chi connectivity index (χ3v) is 4.66. The van der Waals surface area contributed by atoms with E-state index in [4.69, 9.17) is 4.74 Å². The van der Waals surface area contributed by atoms with Crippen molar-refractivity contribution in [3.05, 3.63) is 0 Å². The van der Waals surface area contributed by atoms with E-state index in [0.29, 0.717) is 23.7 Å². The smallest absolute Gasteiger partial charge is 0.317 e. The number of cyclic esters (lactones) is 2. The molecular weight excluding hydrogens is 192 g/mol. The highest BCUT2D eigenvalue weighted by atomic mass is 16.6. The topological polar surface area (TPSA) is 43.4 Å². The summed E-state index contributed by atoms with van der Waals surface area (Å²) >= 11 is 0. The van der Waals surface area contributed by atoms with Gasteiger partial charge in [0.2, 0.25) is 0 Å². The Kier molecular flexibility index (Phi) is 1.77. The fraction of sp³-hybridized carbons (Fsp3) is 0.833. The minimum absolute atomic E-state index is 0.0856. The summed E-state index contributed by atoms with van der Waals surface area (Å²) in [5.41, 5.74) is 0.